The van der Waals surface area contributed by atoms with Gasteiger partial charge >= 0.3 is 6.18 Å². The molecule has 0 spiro atoms. The Morgan fingerprint density at radius 2 is 1.96 bits per heavy atom. The molecule has 0 saturated carbocycles. The molecule has 0 aliphatic rings. The largest absolute Gasteiger partial charge is 0.411 e. The van der Waals surface area contributed by atoms with Crippen molar-refractivity contribution >= 4 is 5.91 Å². The molecule has 9 heteroatoms. The molecule has 0 bridgehead atoms. The summed E-state index contributed by atoms with van der Waals surface area (Å²) in [5, 5.41) is 6.37. The Kier molecular flexibility index (Phi) is 5.92. The first-order valence-electron chi connectivity index (χ1n) is 7.37. The summed E-state index contributed by atoms with van der Waals surface area (Å²) < 4.78 is 41.6. The lowest BCUT2D eigenvalue weighted by molar-refractivity contribution is -0.173. The average molecular weight is 355 g/mol. The summed E-state index contributed by atoms with van der Waals surface area (Å²) in [6, 6.07) is 10.2. The van der Waals surface area contributed by atoms with E-state index in [0.29, 0.717) is 11.4 Å². The van der Waals surface area contributed by atoms with E-state index in [-0.39, 0.29) is 18.8 Å². The molecule has 1 aromatic heterocycles. The Morgan fingerprint density at radius 1 is 1.28 bits per heavy atom. The normalized spacial score (nSPS) is 11.4. The summed E-state index contributed by atoms with van der Waals surface area (Å²) in [6.07, 6.45) is -4.42. The number of aromatic nitrogens is 2. The zero-order valence-corrected chi connectivity index (χ0v) is 13.3. The third kappa shape index (κ3) is 5.42. The maximum Gasteiger partial charge on any atom is 0.411 e. The van der Waals surface area contributed by atoms with Gasteiger partial charge in [-0.3, -0.25) is 9.59 Å². The topological polar surface area (TPSA) is 73.2 Å². The van der Waals surface area contributed by atoms with Gasteiger partial charge in [0.2, 0.25) is 5.43 Å². The number of rotatable bonds is 6. The maximum absolute atomic E-state index is 12.1. The molecule has 0 aliphatic carbocycles. The SMILES string of the molecule is Cc1cc(=O)c(C(=O)NCCOCC(F)(F)F)nn1-c1ccccc1. The van der Waals surface area contributed by atoms with Crippen LogP contribution in [0.25, 0.3) is 5.69 Å². The number of benzene rings is 1. The molecule has 134 valence electrons. The number of amides is 1. The van der Waals surface area contributed by atoms with Crippen LogP contribution in [0.1, 0.15) is 16.2 Å². The summed E-state index contributed by atoms with van der Waals surface area (Å²) in [5.41, 5.74) is 0.299. The van der Waals surface area contributed by atoms with Gasteiger partial charge in [0.25, 0.3) is 5.91 Å². The third-order valence-electron chi connectivity index (χ3n) is 3.12. The summed E-state index contributed by atoms with van der Waals surface area (Å²) in [4.78, 5) is 24.0. The van der Waals surface area contributed by atoms with Gasteiger partial charge < -0.3 is 10.1 Å². The van der Waals surface area contributed by atoms with Crippen LogP contribution in [0.3, 0.4) is 0 Å². The molecule has 0 saturated heterocycles. The van der Waals surface area contributed by atoms with Crippen LogP contribution >= 0.6 is 0 Å². The molecule has 6 nitrogen and oxygen atoms in total. The van der Waals surface area contributed by atoms with E-state index in [2.05, 4.69) is 15.2 Å². The molecule has 2 rings (SSSR count). The number of aryl methyl sites for hydroxylation is 1. The van der Waals surface area contributed by atoms with E-state index in [1.807, 2.05) is 6.07 Å². The zero-order valence-electron chi connectivity index (χ0n) is 13.3. The monoisotopic (exact) mass is 355 g/mol. The second kappa shape index (κ2) is 7.93. The standard InChI is InChI=1S/C16H16F3N3O3/c1-11-9-13(23)14(21-22(11)12-5-3-2-4-6-12)15(24)20-7-8-25-10-16(17,18)19/h2-6,9H,7-8,10H2,1H3,(H,20,24). The highest BCUT2D eigenvalue weighted by molar-refractivity contribution is 5.92. The molecule has 1 aromatic carbocycles. The van der Waals surface area contributed by atoms with Crippen molar-refractivity contribution in [2.75, 3.05) is 19.8 Å². The van der Waals surface area contributed by atoms with Crippen LogP contribution in [0.2, 0.25) is 0 Å². The summed E-state index contributed by atoms with van der Waals surface area (Å²) in [7, 11) is 0. The minimum Gasteiger partial charge on any atom is -0.370 e. The van der Waals surface area contributed by atoms with Crippen molar-refractivity contribution in [3.63, 3.8) is 0 Å². The van der Waals surface area contributed by atoms with Crippen molar-refractivity contribution in [2.24, 2.45) is 0 Å². The van der Waals surface area contributed by atoms with Crippen molar-refractivity contribution in [1.29, 1.82) is 0 Å². The Morgan fingerprint density at radius 3 is 2.60 bits per heavy atom. The average Bonchev–Trinajstić information content (AvgIpc) is 2.54. The zero-order chi connectivity index (χ0) is 18.4. The van der Waals surface area contributed by atoms with Crippen molar-refractivity contribution in [2.45, 2.75) is 13.1 Å². The quantitative estimate of drug-likeness (QED) is 0.803. The third-order valence-corrected chi connectivity index (χ3v) is 3.12. The summed E-state index contributed by atoms with van der Waals surface area (Å²) in [6.45, 7) is -0.222. The van der Waals surface area contributed by atoms with Gasteiger partial charge in [0.1, 0.15) is 6.61 Å². The number of carbonyl (C=O) groups is 1. The Bertz CT molecular complexity index is 789. The van der Waals surface area contributed by atoms with Crippen molar-refractivity contribution in [1.82, 2.24) is 15.1 Å². The second-order valence-corrected chi connectivity index (χ2v) is 5.17. The predicted octanol–water partition coefficient (Wildman–Crippen LogP) is 1.85. The van der Waals surface area contributed by atoms with Crippen LogP contribution in [0.15, 0.2) is 41.2 Å². The first-order chi connectivity index (χ1) is 11.8. The van der Waals surface area contributed by atoms with Gasteiger partial charge in [-0.2, -0.15) is 18.3 Å². The molecular formula is C16H16F3N3O3. The number of alkyl halides is 3. The van der Waals surface area contributed by atoms with Gasteiger partial charge in [-0.1, -0.05) is 18.2 Å². The lowest BCUT2D eigenvalue weighted by Gasteiger charge is -2.11. The molecule has 0 atom stereocenters. The highest BCUT2D eigenvalue weighted by Crippen LogP contribution is 2.14. The van der Waals surface area contributed by atoms with E-state index in [9.17, 15) is 22.8 Å². The van der Waals surface area contributed by atoms with Gasteiger partial charge in [0, 0.05) is 18.3 Å². The van der Waals surface area contributed by atoms with Crippen LogP contribution in [0.5, 0.6) is 0 Å². The van der Waals surface area contributed by atoms with E-state index in [4.69, 9.17) is 0 Å². The number of nitrogens with one attached hydrogen (secondary N) is 1. The number of nitrogens with zero attached hydrogens (tertiary/aromatic N) is 2. The van der Waals surface area contributed by atoms with Gasteiger partial charge in [-0.15, -0.1) is 0 Å². The fourth-order valence-electron chi connectivity index (χ4n) is 2.04. The number of hydrogen-bond donors (Lipinski definition) is 1. The first kappa shape index (κ1) is 18.7. The molecule has 25 heavy (non-hydrogen) atoms. The minimum atomic E-state index is -4.42. The number of para-hydroxylation sites is 1. The van der Waals surface area contributed by atoms with E-state index < -0.39 is 24.1 Å². The lowest BCUT2D eigenvalue weighted by Crippen LogP contribution is -2.34. The lowest BCUT2D eigenvalue weighted by atomic mass is 10.2. The van der Waals surface area contributed by atoms with Crippen LogP contribution < -0.4 is 10.7 Å². The molecular weight excluding hydrogens is 339 g/mol. The van der Waals surface area contributed by atoms with E-state index in [1.54, 1.807) is 31.2 Å². The van der Waals surface area contributed by atoms with Gasteiger partial charge in [-0.25, -0.2) is 4.68 Å². The van der Waals surface area contributed by atoms with Crippen molar-refractivity contribution in [3.8, 4) is 5.69 Å². The Labute approximate surface area is 141 Å². The van der Waals surface area contributed by atoms with Crippen LogP contribution in [0, 0.1) is 6.92 Å². The Balaban J connectivity index is 2.06. The molecule has 0 aliphatic heterocycles. The fourth-order valence-corrected chi connectivity index (χ4v) is 2.04. The van der Waals surface area contributed by atoms with Crippen molar-refractivity contribution in [3.05, 3.63) is 58.0 Å². The second-order valence-electron chi connectivity index (χ2n) is 5.17. The Hall–Kier alpha value is -2.68. The number of carbonyl (C=O) groups excluding carboxylic acids is 1. The summed E-state index contributed by atoms with van der Waals surface area (Å²) in [5.74, 6) is -0.773. The highest BCUT2D eigenvalue weighted by atomic mass is 19.4. The minimum absolute atomic E-state index is 0.171. The smallest absolute Gasteiger partial charge is 0.370 e. The van der Waals surface area contributed by atoms with Gasteiger partial charge in [0.15, 0.2) is 5.69 Å². The molecule has 1 N–H and O–H groups in total. The predicted molar refractivity (Wildman–Crippen MR) is 83.8 cm³/mol. The molecule has 1 heterocycles. The van der Waals surface area contributed by atoms with E-state index >= 15 is 0 Å². The van der Waals surface area contributed by atoms with Crippen molar-refractivity contribution < 1.29 is 22.7 Å². The molecule has 1 amide bonds. The van der Waals surface area contributed by atoms with E-state index in [1.165, 1.54) is 10.7 Å². The number of ether oxygens (including phenoxy) is 1. The van der Waals surface area contributed by atoms with Crippen LogP contribution in [-0.4, -0.2) is 41.6 Å². The van der Waals surface area contributed by atoms with Gasteiger partial charge in [-0.05, 0) is 19.1 Å². The van der Waals surface area contributed by atoms with Crippen LogP contribution in [0.4, 0.5) is 13.2 Å². The highest BCUT2D eigenvalue weighted by Gasteiger charge is 2.27. The fraction of sp³-hybridized carbons (Fsp3) is 0.312. The van der Waals surface area contributed by atoms with E-state index in [0.717, 1.165) is 0 Å². The number of hydrogen-bond acceptors (Lipinski definition) is 4. The molecule has 0 fully saturated rings. The molecule has 0 radical (unpaired) electrons. The maximum atomic E-state index is 12.1. The summed E-state index contributed by atoms with van der Waals surface area (Å²) >= 11 is 0. The first-order valence-corrected chi connectivity index (χ1v) is 7.37. The molecule has 2 aromatic rings. The van der Waals surface area contributed by atoms with Gasteiger partial charge in [0.05, 0.1) is 12.3 Å². The molecule has 0 unspecified atom stereocenters. The number of halogens is 3. The van der Waals surface area contributed by atoms with Crippen LogP contribution in [-0.2, 0) is 4.74 Å².